The van der Waals surface area contributed by atoms with E-state index in [0.717, 1.165) is 24.2 Å². The first-order valence-electron chi connectivity index (χ1n) is 10.5. The first-order chi connectivity index (χ1) is 12.1. The zero-order chi connectivity index (χ0) is 18.1. The van der Waals surface area contributed by atoms with Crippen LogP contribution in [0.3, 0.4) is 0 Å². The summed E-state index contributed by atoms with van der Waals surface area (Å²) < 4.78 is 11.8. The van der Waals surface area contributed by atoms with Gasteiger partial charge in [0.05, 0.1) is 6.61 Å². The second-order valence-electron chi connectivity index (χ2n) is 8.15. The van der Waals surface area contributed by atoms with Crippen molar-refractivity contribution in [3.8, 4) is 5.75 Å². The first kappa shape index (κ1) is 20.3. The fourth-order valence-corrected chi connectivity index (χ4v) is 4.03. The van der Waals surface area contributed by atoms with Gasteiger partial charge in [0.25, 0.3) is 0 Å². The molecular formula is C23H38O2. The molecular weight excluding hydrogens is 308 g/mol. The van der Waals surface area contributed by atoms with E-state index < -0.39 is 0 Å². The minimum Gasteiger partial charge on any atom is -0.465 e. The molecule has 0 saturated heterocycles. The summed E-state index contributed by atoms with van der Waals surface area (Å²) in [4.78, 5) is 0. The van der Waals surface area contributed by atoms with Gasteiger partial charge in [-0.05, 0) is 61.6 Å². The standard InChI is InChI=1S/C23H38O2/c1-5-21(17-18(2)3)22-11-13-23(14-12-22)25-19(4)24-16-15-20-9-7-6-8-10-20/h11-14,18-21H,5-10,15-17H2,1-4H3. The predicted molar refractivity (Wildman–Crippen MR) is 106 cm³/mol. The minimum absolute atomic E-state index is 0.174. The summed E-state index contributed by atoms with van der Waals surface area (Å²) in [6.07, 6.45) is 10.4. The third-order valence-corrected chi connectivity index (χ3v) is 5.51. The summed E-state index contributed by atoms with van der Waals surface area (Å²) in [6, 6.07) is 8.64. The maximum Gasteiger partial charge on any atom is 0.196 e. The Hall–Kier alpha value is -1.02. The summed E-state index contributed by atoms with van der Waals surface area (Å²) in [5.74, 6) is 3.16. The molecule has 2 atom stereocenters. The zero-order valence-corrected chi connectivity index (χ0v) is 16.8. The van der Waals surface area contributed by atoms with Crippen LogP contribution in [0.4, 0.5) is 0 Å². The highest BCUT2D eigenvalue weighted by molar-refractivity contribution is 5.29. The Morgan fingerprint density at radius 2 is 1.68 bits per heavy atom. The number of rotatable bonds is 10. The Balaban J connectivity index is 1.73. The molecule has 0 spiro atoms. The number of ether oxygens (including phenoxy) is 2. The molecule has 1 aromatic carbocycles. The third-order valence-electron chi connectivity index (χ3n) is 5.51. The summed E-state index contributed by atoms with van der Waals surface area (Å²) in [7, 11) is 0. The zero-order valence-electron chi connectivity index (χ0n) is 16.8. The lowest BCUT2D eigenvalue weighted by Crippen LogP contribution is -2.19. The Labute approximate surface area is 155 Å². The van der Waals surface area contributed by atoms with Crippen LogP contribution >= 0.6 is 0 Å². The van der Waals surface area contributed by atoms with E-state index in [1.54, 1.807) is 0 Å². The molecule has 0 N–H and O–H groups in total. The number of benzene rings is 1. The Bertz CT molecular complexity index is 459. The maximum absolute atomic E-state index is 5.93. The van der Waals surface area contributed by atoms with Crippen molar-refractivity contribution in [2.75, 3.05) is 6.61 Å². The lowest BCUT2D eigenvalue weighted by molar-refractivity contribution is -0.0711. The van der Waals surface area contributed by atoms with Crippen LogP contribution in [0.15, 0.2) is 24.3 Å². The van der Waals surface area contributed by atoms with Crippen molar-refractivity contribution >= 4 is 0 Å². The summed E-state index contributed by atoms with van der Waals surface area (Å²) in [5.41, 5.74) is 1.43. The Morgan fingerprint density at radius 1 is 1.00 bits per heavy atom. The highest BCUT2D eigenvalue weighted by Crippen LogP contribution is 2.29. The van der Waals surface area contributed by atoms with Gasteiger partial charge in [0.1, 0.15) is 5.75 Å². The minimum atomic E-state index is -0.174. The second-order valence-corrected chi connectivity index (χ2v) is 8.15. The van der Waals surface area contributed by atoms with E-state index in [0.29, 0.717) is 5.92 Å². The maximum atomic E-state index is 5.93. The van der Waals surface area contributed by atoms with E-state index in [9.17, 15) is 0 Å². The van der Waals surface area contributed by atoms with Crippen LogP contribution in [-0.2, 0) is 4.74 Å². The van der Waals surface area contributed by atoms with Crippen LogP contribution < -0.4 is 4.74 Å². The van der Waals surface area contributed by atoms with Crippen molar-refractivity contribution in [2.45, 2.75) is 91.3 Å². The van der Waals surface area contributed by atoms with E-state index in [2.05, 4.69) is 45.0 Å². The lowest BCUT2D eigenvalue weighted by Gasteiger charge is -2.22. The lowest BCUT2D eigenvalue weighted by atomic mass is 9.87. The molecule has 2 rings (SSSR count). The van der Waals surface area contributed by atoms with Gasteiger partial charge in [0.15, 0.2) is 6.29 Å². The van der Waals surface area contributed by atoms with Crippen molar-refractivity contribution < 1.29 is 9.47 Å². The summed E-state index contributed by atoms with van der Waals surface area (Å²) in [5, 5.41) is 0. The molecule has 25 heavy (non-hydrogen) atoms. The molecule has 0 heterocycles. The molecule has 2 heteroatoms. The molecule has 2 unspecified atom stereocenters. The number of hydrogen-bond donors (Lipinski definition) is 0. The van der Waals surface area contributed by atoms with Gasteiger partial charge in [-0.3, -0.25) is 0 Å². The quantitative estimate of drug-likeness (QED) is 0.427. The molecule has 1 aromatic rings. The van der Waals surface area contributed by atoms with Gasteiger partial charge < -0.3 is 9.47 Å². The largest absolute Gasteiger partial charge is 0.465 e. The van der Waals surface area contributed by atoms with Crippen LogP contribution in [0.1, 0.15) is 90.5 Å². The molecule has 0 aromatic heterocycles. The van der Waals surface area contributed by atoms with Gasteiger partial charge in [-0.15, -0.1) is 0 Å². The molecule has 0 bridgehead atoms. The van der Waals surface area contributed by atoms with Crippen molar-refractivity contribution in [1.29, 1.82) is 0 Å². The molecule has 0 aliphatic heterocycles. The smallest absolute Gasteiger partial charge is 0.196 e. The topological polar surface area (TPSA) is 18.5 Å². The Morgan fingerprint density at radius 3 is 2.28 bits per heavy atom. The van der Waals surface area contributed by atoms with Crippen molar-refractivity contribution in [3.05, 3.63) is 29.8 Å². The molecule has 0 radical (unpaired) electrons. The van der Waals surface area contributed by atoms with Crippen LogP contribution in [0.5, 0.6) is 5.75 Å². The van der Waals surface area contributed by atoms with Gasteiger partial charge in [-0.1, -0.05) is 65.0 Å². The average molecular weight is 347 g/mol. The van der Waals surface area contributed by atoms with Crippen LogP contribution in [0, 0.1) is 11.8 Å². The Kier molecular flexibility index (Phi) is 8.81. The van der Waals surface area contributed by atoms with E-state index in [1.165, 1.54) is 56.9 Å². The van der Waals surface area contributed by atoms with Crippen molar-refractivity contribution in [2.24, 2.45) is 11.8 Å². The van der Waals surface area contributed by atoms with Gasteiger partial charge in [-0.2, -0.15) is 0 Å². The van der Waals surface area contributed by atoms with Crippen molar-refractivity contribution in [3.63, 3.8) is 0 Å². The van der Waals surface area contributed by atoms with Gasteiger partial charge in [-0.25, -0.2) is 0 Å². The first-order valence-corrected chi connectivity index (χ1v) is 10.5. The third kappa shape index (κ3) is 7.40. The average Bonchev–Trinajstić information content (AvgIpc) is 2.61. The molecule has 2 nitrogen and oxygen atoms in total. The van der Waals surface area contributed by atoms with Gasteiger partial charge in [0.2, 0.25) is 0 Å². The summed E-state index contributed by atoms with van der Waals surface area (Å²) in [6.45, 7) is 9.69. The van der Waals surface area contributed by atoms with E-state index in [4.69, 9.17) is 9.47 Å². The van der Waals surface area contributed by atoms with Crippen molar-refractivity contribution in [1.82, 2.24) is 0 Å². The molecule has 1 aliphatic carbocycles. The predicted octanol–water partition coefficient (Wildman–Crippen LogP) is 6.94. The molecule has 142 valence electrons. The second kappa shape index (κ2) is 10.9. The molecule has 1 fully saturated rings. The highest BCUT2D eigenvalue weighted by Gasteiger charge is 2.14. The molecule has 1 aliphatic rings. The van der Waals surface area contributed by atoms with Crippen LogP contribution in [0.2, 0.25) is 0 Å². The SMILES string of the molecule is CCC(CC(C)C)c1ccc(OC(C)OCCC2CCCCC2)cc1. The fraction of sp³-hybridized carbons (Fsp3) is 0.739. The fourth-order valence-electron chi connectivity index (χ4n) is 4.03. The monoisotopic (exact) mass is 346 g/mol. The van der Waals surface area contributed by atoms with Gasteiger partial charge in [0, 0.05) is 0 Å². The van der Waals surface area contributed by atoms with Crippen LogP contribution in [-0.4, -0.2) is 12.9 Å². The highest BCUT2D eigenvalue weighted by atomic mass is 16.7. The van der Waals surface area contributed by atoms with E-state index in [-0.39, 0.29) is 6.29 Å². The summed E-state index contributed by atoms with van der Waals surface area (Å²) >= 11 is 0. The van der Waals surface area contributed by atoms with E-state index >= 15 is 0 Å². The number of hydrogen-bond acceptors (Lipinski definition) is 2. The molecule has 0 amide bonds. The van der Waals surface area contributed by atoms with E-state index in [1.807, 2.05) is 6.92 Å². The van der Waals surface area contributed by atoms with Gasteiger partial charge >= 0.3 is 0 Å². The molecule has 1 saturated carbocycles. The van der Waals surface area contributed by atoms with Crippen LogP contribution in [0.25, 0.3) is 0 Å². The normalized spacial score (nSPS) is 18.3.